The van der Waals surface area contributed by atoms with Gasteiger partial charge >= 0.3 is 0 Å². The molecule has 0 heterocycles. The van der Waals surface area contributed by atoms with Gasteiger partial charge in [0.05, 0.1) is 12.2 Å². The number of ether oxygens (including phenoxy) is 1. The van der Waals surface area contributed by atoms with Crippen LogP contribution < -0.4 is 0 Å². The van der Waals surface area contributed by atoms with E-state index in [9.17, 15) is 4.79 Å². The van der Waals surface area contributed by atoms with Crippen LogP contribution in [-0.2, 0) is 9.53 Å². The topological polar surface area (TPSA) is 26.3 Å². The zero-order chi connectivity index (χ0) is 6.97. The molecule has 2 heteroatoms. The molecule has 2 fully saturated rings. The van der Waals surface area contributed by atoms with Gasteiger partial charge in [-0.1, -0.05) is 0 Å². The molecule has 0 N–H and O–H groups in total. The van der Waals surface area contributed by atoms with Gasteiger partial charge in [0.25, 0.3) is 0 Å². The molecule has 0 unspecified atom stereocenters. The monoisotopic (exact) mass is 140 g/mol. The van der Waals surface area contributed by atoms with E-state index in [1.807, 2.05) is 0 Å². The van der Waals surface area contributed by atoms with Crippen LogP contribution in [0, 0.1) is 0 Å². The predicted molar refractivity (Wildman–Crippen MR) is 36.8 cm³/mol. The smallest absolute Gasteiger partial charge is 0.138 e. The first kappa shape index (κ1) is 6.35. The Labute approximate surface area is 60.6 Å². The van der Waals surface area contributed by atoms with Crippen LogP contribution in [0.15, 0.2) is 0 Å². The second kappa shape index (κ2) is 2.35. The third-order valence-electron chi connectivity index (χ3n) is 2.35. The normalized spacial score (nSPS) is 27.8. The Kier molecular flexibility index (Phi) is 1.49. The minimum Gasteiger partial charge on any atom is -0.374 e. The second-order valence-electron chi connectivity index (χ2n) is 3.26. The standard InChI is InChI=1S/C8H12O2/c9-6-4-8(5-6)10-7-2-1-3-7/h7-8H,1-5H2. The van der Waals surface area contributed by atoms with E-state index in [1.54, 1.807) is 0 Å². The summed E-state index contributed by atoms with van der Waals surface area (Å²) in [4.78, 5) is 10.5. The molecule has 10 heavy (non-hydrogen) atoms. The average molecular weight is 140 g/mol. The summed E-state index contributed by atoms with van der Waals surface area (Å²) in [6, 6.07) is 0. The zero-order valence-corrected chi connectivity index (χ0v) is 6.01. The molecule has 2 nitrogen and oxygen atoms in total. The molecule has 2 rings (SSSR count). The van der Waals surface area contributed by atoms with Crippen molar-refractivity contribution < 1.29 is 9.53 Å². The van der Waals surface area contributed by atoms with E-state index >= 15 is 0 Å². The van der Waals surface area contributed by atoms with E-state index in [0.717, 1.165) is 0 Å². The van der Waals surface area contributed by atoms with Crippen molar-refractivity contribution in [2.75, 3.05) is 0 Å². The maximum absolute atomic E-state index is 10.5. The Hall–Kier alpha value is -0.370. The molecule has 0 saturated heterocycles. The van der Waals surface area contributed by atoms with Crippen LogP contribution in [0.4, 0.5) is 0 Å². The lowest BCUT2D eigenvalue weighted by Gasteiger charge is -2.33. The highest BCUT2D eigenvalue weighted by atomic mass is 16.5. The van der Waals surface area contributed by atoms with Gasteiger partial charge in [-0.15, -0.1) is 0 Å². The van der Waals surface area contributed by atoms with Gasteiger partial charge in [-0.3, -0.25) is 4.79 Å². The minimum atomic E-state index is 0.290. The third-order valence-corrected chi connectivity index (χ3v) is 2.35. The maximum atomic E-state index is 10.5. The molecule has 2 saturated carbocycles. The summed E-state index contributed by atoms with van der Waals surface area (Å²) in [5.74, 6) is 0.365. The fourth-order valence-electron chi connectivity index (χ4n) is 1.32. The summed E-state index contributed by atoms with van der Waals surface area (Å²) in [7, 11) is 0. The van der Waals surface area contributed by atoms with Crippen molar-refractivity contribution in [1.82, 2.24) is 0 Å². The van der Waals surface area contributed by atoms with E-state index < -0.39 is 0 Å². The summed E-state index contributed by atoms with van der Waals surface area (Å²) in [6.07, 6.45) is 5.88. The zero-order valence-electron chi connectivity index (χ0n) is 6.01. The molecular weight excluding hydrogens is 128 g/mol. The Morgan fingerprint density at radius 3 is 2.30 bits per heavy atom. The molecule has 56 valence electrons. The molecule has 0 aromatic rings. The molecule has 0 aromatic carbocycles. The summed E-state index contributed by atoms with van der Waals surface area (Å²) in [5, 5.41) is 0. The SMILES string of the molecule is O=C1CC(OC2CCC2)C1. The van der Waals surface area contributed by atoms with Crippen LogP contribution in [0.25, 0.3) is 0 Å². The average Bonchev–Trinajstić information content (AvgIpc) is 1.72. The predicted octanol–water partition coefficient (Wildman–Crippen LogP) is 1.29. The van der Waals surface area contributed by atoms with E-state index in [4.69, 9.17) is 4.74 Å². The number of ketones is 1. The molecule has 0 bridgehead atoms. The lowest BCUT2D eigenvalue weighted by molar-refractivity contribution is -0.142. The van der Waals surface area contributed by atoms with Crippen LogP contribution >= 0.6 is 0 Å². The number of carbonyl (C=O) groups is 1. The highest BCUT2D eigenvalue weighted by Crippen LogP contribution is 2.28. The van der Waals surface area contributed by atoms with E-state index in [0.29, 0.717) is 24.7 Å². The van der Waals surface area contributed by atoms with Gasteiger partial charge in [-0.25, -0.2) is 0 Å². The molecule has 0 amide bonds. The van der Waals surface area contributed by atoms with Crippen molar-refractivity contribution in [3.05, 3.63) is 0 Å². The summed E-state index contributed by atoms with van der Waals surface area (Å²) >= 11 is 0. The second-order valence-corrected chi connectivity index (χ2v) is 3.26. The molecule has 0 atom stereocenters. The summed E-state index contributed by atoms with van der Waals surface area (Å²) < 4.78 is 5.57. The lowest BCUT2D eigenvalue weighted by Crippen LogP contribution is -2.37. The maximum Gasteiger partial charge on any atom is 0.138 e. The lowest BCUT2D eigenvalue weighted by atomic mass is 9.91. The van der Waals surface area contributed by atoms with Crippen molar-refractivity contribution in [3.63, 3.8) is 0 Å². The number of hydrogen-bond donors (Lipinski definition) is 0. The highest BCUT2D eigenvalue weighted by Gasteiger charge is 2.31. The Morgan fingerprint density at radius 1 is 1.20 bits per heavy atom. The van der Waals surface area contributed by atoms with Crippen LogP contribution in [0.3, 0.4) is 0 Å². The van der Waals surface area contributed by atoms with Gasteiger partial charge < -0.3 is 4.74 Å². The molecule has 0 spiro atoms. The Balaban J connectivity index is 1.67. The number of carbonyl (C=O) groups excluding carboxylic acids is 1. The number of rotatable bonds is 2. The first-order valence-corrected chi connectivity index (χ1v) is 4.02. The largest absolute Gasteiger partial charge is 0.374 e. The highest BCUT2D eigenvalue weighted by molar-refractivity contribution is 5.85. The third kappa shape index (κ3) is 1.08. The van der Waals surface area contributed by atoms with Crippen molar-refractivity contribution in [1.29, 1.82) is 0 Å². The fourth-order valence-corrected chi connectivity index (χ4v) is 1.32. The van der Waals surface area contributed by atoms with Gasteiger partial charge in [0.15, 0.2) is 0 Å². The molecule has 0 aromatic heterocycles. The molecule has 0 aliphatic heterocycles. The fraction of sp³-hybridized carbons (Fsp3) is 0.875. The van der Waals surface area contributed by atoms with Gasteiger partial charge in [0.2, 0.25) is 0 Å². The van der Waals surface area contributed by atoms with E-state index in [2.05, 4.69) is 0 Å². The van der Waals surface area contributed by atoms with Crippen LogP contribution in [-0.4, -0.2) is 18.0 Å². The molecule has 0 radical (unpaired) electrons. The van der Waals surface area contributed by atoms with Gasteiger partial charge in [-0.05, 0) is 19.3 Å². The van der Waals surface area contributed by atoms with Gasteiger partial charge in [0.1, 0.15) is 5.78 Å². The van der Waals surface area contributed by atoms with Crippen molar-refractivity contribution in [2.45, 2.75) is 44.3 Å². The molecule has 2 aliphatic rings. The number of hydrogen-bond acceptors (Lipinski definition) is 2. The van der Waals surface area contributed by atoms with Crippen molar-refractivity contribution in [3.8, 4) is 0 Å². The van der Waals surface area contributed by atoms with Crippen LogP contribution in [0.5, 0.6) is 0 Å². The Bertz CT molecular complexity index is 141. The minimum absolute atomic E-state index is 0.290. The van der Waals surface area contributed by atoms with Gasteiger partial charge in [0, 0.05) is 12.8 Å². The van der Waals surface area contributed by atoms with Crippen molar-refractivity contribution >= 4 is 5.78 Å². The first-order valence-electron chi connectivity index (χ1n) is 4.02. The van der Waals surface area contributed by atoms with E-state index in [-0.39, 0.29) is 6.10 Å². The van der Waals surface area contributed by atoms with Gasteiger partial charge in [-0.2, -0.15) is 0 Å². The summed E-state index contributed by atoms with van der Waals surface area (Å²) in [6.45, 7) is 0. The van der Waals surface area contributed by atoms with Crippen molar-refractivity contribution in [2.24, 2.45) is 0 Å². The van der Waals surface area contributed by atoms with E-state index in [1.165, 1.54) is 19.3 Å². The van der Waals surface area contributed by atoms with Crippen LogP contribution in [0.2, 0.25) is 0 Å². The number of Topliss-reactive ketones (excluding diaryl/α,β-unsaturated/α-hetero) is 1. The van der Waals surface area contributed by atoms with Crippen LogP contribution in [0.1, 0.15) is 32.1 Å². The summed E-state index contributed by atoms with van der Waals surface area (Å²) in [5.41, 5.74) is 0. The first-order chi connectivity index (χ1) is 4.84. The molecular formula is C8H12O2. The quantitative estimate of drug-likeness (QED) is 0.577. The Morgan fingerprint density at radius 2 is 1.90 bits per heavy atom. The molecule has 2 aliphatic carbocycles.